The van der Waals surface area contributed by atoms with Crippen molar-refractivity contribution in [1.29, 1.82) is 5.26 Å². The molecule has 0 saturated carbocycles. The SMILES string of the molecule is C[C@@H](OC(=O)CN1CCCCCC1=O)C(=O)Nc1cccc(C#N)c1. The summed E-state index contributed by atoms with van der Waals surface area (Å²) in [4.78, 5) is 37.5. The van der Waals surface area contributed by atoms with Gasteiger partial charge in [0.05, 0.1) is 11.6 Å². The van der Waals surface area contributed by atoms with Crippen LogP contribution in [0.2, 0.25) is 0 Å². The molecule has 25 heavy (non-hydrogen) atoms. The molecule has 1 atom stereocenters. The van der Waals surface area contributed by atoms with Gasteiger partial charge < -0.3 is 15.0 Å². The van der Waals surface area contributed by atoms with Crippen LogP contribution in [-0.2, 0) is 19.1 Å². The molecule has 1 aliphatic rings. The summed E-state index contributed by atoms with van der Waals surface area (Å²) in [5.41, 5.74) is 0.872. The first-order valence-corrected chi connectivity index (χ1v) is 8.28. The number of rotatable bonds is 5. The number of ether oxygens (including phenoxy) is 1. The van der Waals surface area contributed by atoms with E-state index in [0.29, 0.717) is 24.2 Å². The van der Waals surface area contributed by atoms with Crippen molar-refractivity contribution in [2.24, 2.45) is 0 Å². The summed E-state index contributed by atoms with van der Waals surface area (Å²) in [7, 11) is 0. The zero-order valence-electron chi connectivity index (χ0n) is 14.2. The molecule has 1 N–H and O–H groups in total. The molecule has 132 valence electrons. The predicted octanol–water partition coefficient (Wildman–Crippen LogP) is 1.83. The molecule has 7 heteroatoms. The second-order valence-corrected chi connectivity index (χ2v) is 5.94. The zero-order chi connectivity index (χ0) is 18.2. The lowest BCUT2D eigenvalue weighted by atomic mass is 10.2. The first-order chi connectivity index (χ1) is 12.0. The highest BCUT2D eigenvalue weighted by atomic mass is 16.5. The number of hydrogen-bond acceptors (Lipinski definition) is 5. The fraction of sp³-hybridized carbons (Fsp3) is 0.444. The first kappa shape index (κ1) is 18.5. The summed E-state index contributed by atoms with van der Waals surface area (Å²) in [6, 6.07) is 8.43. The van der Waals surface area contributed by atoms with E-state index in [4.69, 9.17) is 10.00 Å². The molecule has 0 aromatic heterocycles. The summed E-state index contributed by atoms with van der Waals surface area (Å²) in [6.45, 7) is 1.86. The van der Waals surface area contributed by atoms with Gasteiger partial charge in [0.25, 0.3) is 5.91 Å². The van der Waals surface area contributed by atoms with Gasteiger partial charge in [0, 0.05) is 18.7 Å². The van der Waals surface area contributed by atoms with Crippen molar-refractivity contribution < 1.29 is 19.1 Å². The molecule has 0 bridgehead atoms. The van der Waals surface area contributed by atoms with Crippen molar-refractivity contribution in [1.82, 2.24) is 4.90 Å². The van der Waals surface area contributed by atoms with E-state index in [0.717, 1.165) is 19.3 Å². The number of hydrogen-bond donors (Lipinski definition) is 1. The van der Waals surface area contributed by atoms with E-state index in [1.807, 2.05) is 6.07 Å². The fourth-order valence-electron chi connectivity index (χ4n) is 2.56. The maximum Gasteiger partial charge on any atom is 0.326 e. The Kier molecular flexibility index (Phi) is 6.52. The number of carbonyl (C=O) groups excluding carboxylic acids is 3. The lowest BCUT2D eigenvalue weighted by Gasteiger charge is -2.20. The van der Waals surface area contributed by atoms with Gasteiger partial charge in [-0.2, -0.15) is 5.26 Å². The van der Waals surface area contributed by atoms with Crippen molar-refractivity contribution in [3.8, 4) is 6.07 Å². The van der Waals surface area contributed by atoms with Gasteiger partial charge in [-0.15, -0.1) is 0 Å². The highest BCUT2D eigenvalue weighted by molar-refractivity contribution is 5.95. The number of benzene rings is 1. The number of nitrogens with zero attached hydrogens (tertiary/aromatic N) is 2. The number of nitrogens with one attached hydrogen (secondary N) is 1. The molecule has 0 spiro atoms. The molecule has 0 unspecified atom stereocenters. The van der Waals surface area contributed by atoms with Gasteiger partial charge in [-0.05, 0) is 38.0 Å². The van der Waals surface area contributed by atoms with Crippen LogP contribution < -0.4 is 5.32 Å². The van der Waals surface area contributed by atoms with E-state index >= 15 is 0 Å². The van der Waals surface area contributed by atoms with Crippen LogP contribution >= 0.6 is 0 Å². The minimum Gasteiger partial charge on any atom is -0.451 e. The van der Waals surface area contributed by atoms with Crippen LogP contribution in [-0.4, -0.2) is 41.9 Å². The van der Waals surface area contributed by atoms with Crippen molar-refractivity contribution in [3.63, 3.8) is 0 Å². The number of likely N-dealkylation sites (tertiary alicyclic amines) is 1. The lowest BCUT2D eigenvalue weighted by Crippen LogP contribution is -2.38. The van der Waals surface area contributed by atoms with Crippen LogP contribution in [0.5, 0.6) is 0 Å². The summed E-state index contributed by atoms with van der Waals surface area (Å²) >= 11 is 0. The molecule has 1 aliphatic heterocycles. The molecule has 2 amide bonds. The average molecular weight is 343 g/mol. The average Bonchev–Trinajstić information content (AvgIpc) is 2.79. The Morgan fingerprint density at radius 3 is 2.92 bits per heavy atom. The predicted molar refractivity (Wildman–Crippen MR) is 90.4 cm³/mol. The first-order valence-electron chi connectivity index (χ1n) is 8.28. The zero-order valence-corrected chi connectivity index (χ0v) is 14.2. The summed E-state index contributed by atoms with van der Waals surface area (Å²) in [5.74, 6) is -1.16. The van der Waals surface area contributed by atoms with Crippen LogP contribution in [0.3, 0.4) is 0 Å². The van der Waals surface area contributed by atoms with Gasteiger partial charge in [0.15, 0.2) is 6.10 Å². The third-order valence-electron chi connectivity index (χ3n) is 3.93. The summed E-state index contributed by atoms with van der Waals surface area (Å²) in [5, 5.41) is 11.5. The molecule has 0 aliphatic carbocycles. The fourth-order valence-corrected chi connectivity index (χ4v) is 2.56. The summed E-state index contributed by atoms with van der Waals surface area (Å²) in [6.07, 6.45) is 2.12. The molecule has 1 aromatic rings. The third kappa shape index (κ3) is 5.60. The van der Waals surface area contributed by atoms with Crippen molar-refractivity contribution in [2.45, 2.75) is 38.7 Å². The van der Waals surface area contributed by atoms with Gasteiger partial charge in [0.1, 0.15) is 6.54 Å². The van der Waals surface area contributed by atoms with Gasteiger partial charge in [-0.25, -0.2) is 0 Å². The van der Waals surface area contributed by atoms with Crippen LogP contribution in [0.25, 0.3) is 0 Å². The Morgan fingerprint density at radius 1 is 1.36 bits per heavy atom. The van der Waals surface area contributed by atoms with Crippen molar-refractivity contribution in [3.05, 3.63) is 29.8 Å². The molecular weight excluding hydrogens is 322 g/mol. The van der Waals surface area contributed by atoms with E-state index in [-0.39, 0.29) is 12.5 Å². The van der Waals surface area contributed by atoms with Crippen LogP contribution in [0.4, 0.5) is 5.69 Å². The minimum absolute atomic E-state index is 0.0557. The molecule has 1 saturated heterocycles. The van der Waals surface area contributed by atoms with Gasteiger partial charge in [0.2, 0.25) is 5.91 Å². The molecule has 1 heterocycles. The van der Waals surface area contributed by atoms with Gasteiger partial charge in [-0.1, -0.05) is 12.5 Å². The monoisotopic (exact) mass is 343 g/mol. The summed E-state index contributed by atoms with van der Waals surface area (Å²) < 4.78 is 5.12. The minimum atomic E-state index is -1.000. The maximum absolute atomic E-state index is 12.1. The van der Waals surface area contributed by atoms with Crippen LogP contribution in [0, 0.1) is 11.3 Å². The highest BCUT2D eigenvalue weighted by Crippen LogP contribution is 2.12. The molecule has 7 nitrogen and oxygen atoms in total. The van der Waals surface area contributed by atoms with E-state index in [1.165, 1.54) is 17.9 Å². The normalized spacial score (nSPS) is 15.7. The maximum atomic E-state index is 12.1. The van der Waals surface area contributed by atoms with E-state index in [2.05, 4.69) is 5.32 Å². The van der Waals surface area contributed by atoms with E-state index in [9.17, 15) is 14.4 Å². The Balaban J connectivity index is 1.86. The Labute approximate surface area is 146 Å². The number of esters is 1. The molecule has 1 aromatic carbocycles. The Morgan fingerprint density at radius 2 is 2.16 bits per heavy atom. The quantitative estimate of drug-likeness (QED) is 0.822. The second-order valence-electron chi connectivity index (χ2n) is 5.94. The topological polar surface area (TPSA) is 99.5 Å². The standard InChI is InChI=1S/C18H21N3O4/c1-13(18(24)20-15-7-5-6-14(10-15)11-19)25-17(23)12-21-9-4-2-3-8-16(21)22/h5-7,10,13H,2-4,8-9,12H2,1H3,(H,20,24)/t13-/m1/s1. The smallest absolute Gasteiger partial charge is 0.326 e. The Hall–Kier alpha value is -2.88. The molecule has 1 fully saturated rings. The highest BCUT2D eigenvalue weighted by Gasteiger charge is 2.23. The lowest BCUT2D eigenvalue weighted by molar-refractivity contribution is -0.156. The van der Waals surface area contributed by atoms with Crippen LogP contribution in [0.15, 0.2) is 24.3 Å². The van der Waals surface area contributed by atoms with Gasteiger partial charge in [-0.3, -0.25) is 14.4 Å². The molecular formula is C18H21N3O4. The molecule has 0 radical (unpaired) electrons. The van der Waals surface area contributed by atoms with E-state index in [1.54, 1.807) is 18.2 Å². The van der Waals surface area contributed by atoms with E-state index < -0.39 is 18.0 Å². The number of carbonyl (C=O) groups is 3. The number of amides is 2. The van der Waals surface area contributed by atoms with Crippen LogP contribution in [0.1, 0.15) is 38.2 Å². The number of anilines is 1. The Bertz CT molecular complexity index is 696. The largest absolute Gasteiger partial charge is 0.451 e. The number of nitriles is 1. The third-order valence-corrected chi connectivity index (χ3v) is 3.93. The van der Waals surface area contributed by atoms with Crippen molar-refractivity contribution >= 4 is 23.5 Å². The molecule has 2 rings (SSSR count). The van der Waals surface area contributed by atoms with Crippen molar-refractivity contribution in [2.75, 3.05) is 18.4 Å². The van der Waals surface area contributed by atoms with Gasteiger partial charge >= 0.3 is 5.97 Å². The second kappa shape index (κ2) is 8.83.